The number of para-hydroxylation sites is 2. The third-order valence-electron chi connectivity index (χ3n) is 9.88. The third-order valence-corrected chi connectivity index (χ3v) is 9.88. The van der Waals surface area contributed by atoms with Crippen molar-refractivity contribution in [2.75, 3.05) is 0 Å². The van der Waals surface area contributed by atoms with Crippen molar-refractivity contribution < 1.29 is 4.42 Å². The van der Waals surface area contributed by atoms with Crippen LogP contribution in [0, 0.1) is 0 Å². The van der Waals surface area contributed by atoms with Gasteiger partial charge in [0.15, 0.2) is 5.58 Å². The zero-order valence-electron chi connectivity index (χ0n) is 26.6. The van der Waals surface area contributed by atoms with Crippen molar-refractivity contribution in [3.63, 3.8) is 0 Å². The van der Waals surface area contributed by atoms with Gasteiger partial charge in [-0.3, -0.25) is 0 Å². The molecule has 0 aliphatic carbocycles. The van der Waals surface area contributed by atoms with E-state index < -0.39 is 0 Å². The minimum atomic E-state index is 0.825. The predicted molar refractivity (Wildman–Crippen MR) is 206 cm³/mol. The van der Waals surface area contributed by atoms with Gasteiger partial charge in [-0.25, -0.2) is 4.98 Å². The van der Waals surface area contributed by atoms with Gasteiger partial charge in [-0.05, 0) is 78.7 Å². The number of furan rings is 1. The number of aromatic nitrogens is 1. The molecule has 0 amide bonds. The van der Waals surface area contributed by atoms with E-state index in [1.165, 1.54) is 54.9 Å². The number of benzene rings is 8. The minimum Gasteiger partial charge on any atom is -0.454 e. The molecular formula is C47H29NO. The van der Waals surface area contributed by atoms with Crippen molar-refractivity contribution in [2.45, 2.75) is 0 Å². The van der Waals surface area contributed by atoms with Gasteiger partial charge in [0.1, 0.15) is 11.1 Å². The molecule has 0 N–H and O–H groups in total. The average molecular weight is 624 g/mol. The van der Waals surface area contributed by atoms with Crippen molar-refractivity contribution in [3.05, 3.63) is 176 Å². The fraction of sp³-hybridized carbons (Fsp3) is 0. The number of hydrogen-bond donors (Lipinski definition) is 0. The van der Waals surface area contributed by atoms with Gasteiger partial charge in [0.2, 0.25) is 0 Å². The quantitative estimate of drug-likeness (QED) is 0.182. The standard InChI is InChI=1S/C47H29NO/c1-2-12-30(13-3-1)31-22-24-32(25-23-31)43-35-14-4-6-16-37(35)44(38-17-7-5-15-36(38)43)33-26-28-34(29-27-33)45-39-18-8-10-20-41(39)48-46-40-19-9-11-21-42(40)49-47(45)46/h1-29H. The number of hydrogen-bond acceptors (Lipinski definition) is 2. The lowest BCUT2D eigenvalue weighted by atomic mass is 9.85. The van der Waals surface area contributed by atoms with E-state index in [4.69, 9.17) is 9.40 Å². The lowest BCUT2D eigenvalue weighted by Crippen LogP contribution is -1.91. The van der Waals surface area contributed by atoms with Gasteiger partial charge in [0.25, 0.3) is 0 Å². The van der Waals surface area contributed by atoms with Gasteiger partial charge >= 0.3 is 0 Å². The highest BCUT2D eigenvalue weighted by molar-refractivity contribution is 6.21. The maximum atomic E-state index is 6.50. The van der Waals surface area contributed by atoms with Crippen molar-refractivity contribution in [3.8, 4) is 44.5 Å². The Morgan fingerprint density at radius 3 is 1.29 bits per heavy atom. The Kier molecular flexibility index (Phi) is 6.22. The van der Waals surface area contributed by atoms with Crippen LogP contribution < -0.4 is 0 Å². The molecule has 0 saturated carbocycles. The summed E-state index contributed by atoms with van der Waals surface area (Å²) < 4.78 is 6.50. The molecule has 0 radical (unpaired) electrons. The van der Waals surface area contributed by atoms with Crippen molar-refractivity contribution in [1.82, 2.24) is 4.98 Å². The molecule has 0 fully saturated rings. The van der Waals surface area contributed by atoms with Crippen LogP contribution in [0.1, 0.15) is 0 Å². The van der Waals surface area contributed by atoms with Crippen LogP contribution in [0.3, 0.4) is 0 Å². The Hall–Kier alpha value is -6.51. The Labute approximate surface area is 283 Å². The molecule has 0 aliphatic rings. The van der Waals surface area contributed by atoms with Crippen LogP contribution >= 0.6 is 0 Å². The second-order valence-electron chi connectivity index (χ2n) is 12.6. The van der Waals surface area contributed by atoms with Crippen molar-refractivity contribution in [2.24, 2.45) is 0 Å². The summed E-state index contributed by atoms with van der Waals surface area (Å²) in [6, 6.07) is 62.8. The molecular weight excluding hydrogens is 595 g/mol. The van der Waals surface area contributed by atoms with Gasteiger partial charge in [-0.15, -0.1) is 0 Å². The van der Waals surface area contributed by atoms with E-state index in [-0.39, 0.29) is 0 Å². The Morgan fingerprint density at radius 1 is 0.306 bits per heavy atom. The molecule has 0 spiro atoms. The third kappa shape index (κ3) is 4.38. The Balaban J connectivity index is 1.16. The van der Waals surface area contributed by atoms with Gasteiger partial charge in [-0.1, -0.05) is 158 Å². The van der Waals surface area contributed by atoms with E-state index in [0.29, 0.717) is 0 Å². The molecule has 0 saturated heterocycles. The highest BCUT2D eigenvalue weighted by Gasteiger charge is 2.19. The zero-order valence-corrected chi connectivity index (χ0v) is 26.6. The topological polar surface area (TPSA) is 26.0 Å². The summed E-state index contributed by atoms with van der Waals surface area (Å²) in [5, 5.41) is 7.10. The molecule has 49 heavy (non-hydrogen) atoms. The molecule has 0 aliphatic heterocycles. The molecule has 2 heterocycles. The first-order valence-electron chi connectivity index (χ1n) is 16.7. The fourth-order valence-electron chi connectivity index (χ4n) is 7.64. The lowest BCUT2D eigenvalue weighted by molar-refractivity contribution is 0.670. The van der Waals surface area contributed by atoms with Crippen LogP contribution in [-0.4, -0.2) is 4.98 Å². The fourth-order valence-corrected chi connectivity index (χ4v) is 7.64. The lowest BCUT2D eigenvalue weighted by Gasteiger charge is -2.18. The number of fused-ring (bicyclic) bond motifs is 6. The number of rotatable bonds is 4. The zero-order chi connectivity index (χ0) is 32.3. The molecule has 2 nitrogen and oxygen atoms in total. The summed E-state index contributed by atoms with van der Waals surface area (Å²) in [6.07, 6.45) is 0. The summed E-state index contributed by atoms with van der Waals surface area (Å²) in [7, 11) is 0. The molecule has 10 rings (SSSR count). The molecule has 10 aromatic rings. The molecule has 2 heteroatoms. The van der Waals surface area contributed by atoms with E-state index in [2.05, 4.69) is 152 Å². The van der Waals surface area contributed by atoms with E-state index in [9.17, 15) is 0 Å². The van der Waals surface area contributed by atoms with Gasteiger partial charge in [0, 0.05) is 16.3 Å². The van der Waals surface area contributed by atoms with E-state index in [1.54, 1.807) is 0 Å². The summed E-state index contributed by atoms with van der Waals surface area (Å²) in [6.45, 7) is 0. The van der Waals surface area contributed by atoms with Crippen molar-refractivity contribution in [1.29, 1.82) is 0 Å². The highest BCUT2D eigenvalue weighted by atomic mass is 16.3. The molecule has 0 bridgehead atoms. The summed E-state index contributed by atoms with van der Waals surface area (Å²) in [5.41, 5.74) is 13.1. The first-order chi connectivity index (χ1) is 24.3. The number of nitrogens with zero attached hydrogens (tertiary/aromatic N) is 1. The van der Waals surface area contributed by atoms with Crippen LogP contribution in [-0.2, 0) is 0 Å². The Bertz CT molecular complexity index is 2790. The molecule has 0 unspecified atom stereocenters. The monoisotopic (exact) mass is 623 g/mol. The molecule has 8 aromatic carbocycles. The summed E-state index contributed by atoms with van der Waals surface area (Å²) in [5.74, 6) is 0. The summed E-state index contributed by atoms with van der Waals surface area (Å²) in [4.78, 5) is 5.05. The van der Waals surface area contributed by atoms with Crippen LogP contribution in [0.2, 0.25) is 0 Å². The molecule has 228 valence electrons. The maximum absolute atomic E-state index is 6.50. The minimum absolute atomic E-state index is 0.825. The SMILES string of the molecule is c1ccc(-c2ccc(-c3c4ccccc4c(-c4ccc(-c5c6ccccc6nc6c5oc5ccccc56)cc4)c4ccccc34)cc2)cc1. The largest absolute Gasteiger partial charge is 0.454 e. The first kappa shape index (κ1) is 27.6. The maximum Gasteiger partial charge on any atom is 0.162 e. The molecule has 0 atom stereocenters. The van der Waals surface area contributed by atoms with Gasteiger partial charge in [-0.2, -0.15) is 0 Å². The smallest absolute Gasteiger partial charge is 0.162 e. The van der Waals surface area contributed by atoms with Gasteiger partial charge < -0.3 is 4.42 Å². The summed E-state index contributed by atoms with van der Waals surface area (Å²) >= 11 is 0. The first-order valence-corrected chi connectivity index (χ1v) is 16.7. The van der Waals surface area contributed by atoms with Crippen LogP contribution in [0.4, 0.5) is 0 Å². The van der Waals surface area contributed by atoms with Crippen LogP contribution in [0.15, 0.2) is 180 Å². The van der Waals surface area contributed by atoms with Crippen LogP contribution in [0.5, 0.6) is 0 Å². The van der Waals surface area contributed by atoms with E-state index in [0.717, 1.165) is 44.1 Å². The van der Waals surface area contributed by atoms with E-state index >= 15 is 0 Å². The number of pyridine rings is 1. The normalized spacial score (nSPS) is 11.7. The second kappa shape index (κ2) is 11.0. The highest BCUT2D eigenvalue weighted by Crippen LogP contribution is 2.45. The van der Waals surface area contributed by atoms with E-state index in [1.807, 2.05) is 24.3 Å². The average Bonchev–Trinajstić information content (AvgIpc) is 3.54. The Morgan fingerprint density at radius 2 is 0.714 bits per heavy atom. The molecule has 2 aromatic heterocycles. The van der Waals surface area contributed by atoms with Crippen molar-refractivity contribution >= 4 is 54.5 Å². The van der Waals surface area contributed by atoms with Crippen LogP contribution in [0.25, 0.3) is 99.0 Å². The predicted octanol–water partition coefficient (Wildman–Crippen LogP) is 13.1. The second-order valence-corrected chi connectivity index (χ2v) is 12.6. The van der Waals surface area contributed by atoms with Gasteiger partial charge in [0.05, 0.1) is 5.52 Å².